The predicted molar refractivity (Wildman–Crippen MR) is 194 cm³/mol. The van der Waals surface area contributed by atoms with Crippen LogP contribution in [0.15, 0.2) is 66.7 Å². The molecule has 2 saturated carbocycles. The zero-order valence-electron chi connectivity index (χ0n) is 27.7. The van der Waals surface area contributed by atoms with Gasteiger partial charge in [-0.3, -0.25) is 0 Å². The van der Waals surface area contributed by atoms with Crippen molar-refractivity contribution in [2.75, 3.05) is 0 Å². The zero-order chi connectivity index (χ0) is 30.9. The van der Waals surface area contributed by atoms with Gasteiger partial charge in [-0.2, -0.15) is 0 Å². The highest BCUT2D eigenvalue weighted by Gasteiger charge is 2.45. The van der Waals surface area contributed by atoms with E-state index in [0.29, 0.717) is 17.9 Å². The molecule has 4 aliphatic carbocycles. The maximum Gasteiger partial charge on any atom is 0.127 e. The Morgan fingerprint density at radius 3 is 1.83 bits per heavy atom. The normalized spacial score (nSPS) is 19.5. The van der Waals surface area contributed by atoms with E-state index in [0.717, 1.165) is 57.1 Å². The number of hydrogen-bond donors (Lipinski definition) is 0. The molecule has 0 aromatic heterocycles. The Kier molecular flexibility index (Phi) is 8.85. The van der Waals surface area contributed by atoms with E-state index in [-0.39, 0.29) is 0 Å². The number of aryl methyl sites for hydroxylation is 2. The van der Waals surface area contributed by atoms with E-state index in [1.54, 1.807) is 0 Å². The van der Waals surface area contributed by atoms with Crippen LogP contribution < -0.4 is 10.0 Å². The van der Waals surface area contributed by atoms with Crippen molar-refractivity contribution in [1.82, 2.24) is 0 Å². The molecule has 4 aromatic rings. The second kappa shape index (κ2) is 13.4. The van der Waals surface area contributed by atoms with Crippen molar-refractivity contribution in [3.8, 4) is 16.9 Å². The second-order valence-electron chi connectivity index (χ2n) is 14.9. The highest BCUT2D eigenvalue weighted by molar-refractivity contribution is 7.73. The summed E-state index contributed by atoms with van der Waals surface area (Å²) in [5.74, 6) is 1.01. The lowest BCUT2D eigenvalue weighted by Crippen LogP contribution is -2.31. The monoisotopic (exact) mass is 630 g/mol. The van der Waals surface area contributed by atoms with Gasteiger partial charge in [-0.05, 0) is 133 Å². The maximum atomic E-state index is 16.3. The predicted octanol–water partition coefficient (Wildman–Crippen LogP) is 11.5. The van der Waals surface area contributed by atoms with Gasteiger partial charge in [0.05, 0.1) is 0 Å². The highest BCUT2D eigenvalue weighted by Crippen LogP contribution is 2.64. The van der Waals surface area contributed by atoms with Gasteiger partial charge in [0.1, 0.15) is 19.5 Å². The first-order chi connectivity index (χ1) is 22.7. The van der Waals surface area contributed by atoms with Gasteiger partial charge in [-0.25, -0.2) is 0 Å². The van der Waals surface area contributed by atoms with Crippen LogP contribution in [0.4, 0.5) is 0 Å². The van der Waals surface area contributed by atoms with Crippen LogP contribution in [0.25, 0.3) is 21.9 Å². The number of ether oxygens (including phenoxy) is 1. The summed E-state index contributed by atoms with van der Waals surface area (Å²) < 4.78 is 23.3. The first kappa shape index (κ1) is 30.5. The van der Waals surface area contributed by atoms with Crippen molar-refractivity contribution in [3.63, 3.8) is 0 Å². The summed E-state index contributed by atoms with van der Waals surface area (Å²) in [6.45, 7) is 0.546. The summed E-state index contributed by atoms with van der Waals surface area (Å²) >= 11 is 0. The van der Waals surface area contributed by atoms with E-state index >= 15 is 4.57 Å². The Bertz CT molecular complexity index is 1730. The fourth-order valence-corrected chi connectivity index (χ4v) is 14.2. The quantitative estimate of drug-likeness (QED) is 0.190. The summed E-state index contributed by atoms with van der Waals surface area (Å²) in [5.41, 5.74) is 10.5. The Labute approximate surface area is 276 Å². The van der Waals surface area contributed by atoms with Crippen molar-refractivity contribution >= 4 is 23.2 Å². The van der Waals surface area contributed by atoms with Gasteiger partial charge >= 0.3 is 0 Å². The third kappa shape index (κ3) is 5.68. The first-order valence-corrected chi connectivity index (χ1v) is 20.5. The fourth-order valence-electron chi connectivity index (χ4n) is 9.70. The molecule has 4 aromatic carbocycles. The molecule has 0 atom stereocenters. The summed E-state index contributed by atoms with van der Waals surface area (Å²) in [5, 5.41) is 3.78. The van der Waals surface area contributed by atoms with Crippen LogP contribution in [0.3, 0.4) is 0 Å². The van der Waals surface area contributed by atoms with Crippen LogP contribution in [0.2, 0.25) is 0 Å². The van der Waals surface area contributed by atoms with Gasteiger partial charge in [-0.1, -0.05) is 93.1 Å². The van der Waals surface area contributed by atoms with Crippen LogP contribution in [0.1, 0.15) is 118 Å². The molecular formula is C43H51O2P. The van der Waals surface area contributed by atoms with E-state index in [1.165, 1.54) is 119 Å². The summed E-state index contributed by atoms with van der Waals surface area (Å²) in [7, 11) is -2.69. The molecule has 2 fully saturated rings. The second-order valence-corrected chi connectivity index (χ2v) is 18.2. The minimum Gasteiger partial charge on any atom is -0.488 e. The van der Waals surface area contributed by atoms with Gasteiger partial charge in [0.25, 0.3) is 0 Å². The lowest BCUT2D eigenvalue weighted by Gasteiger charge is -2.40. The summed E-state index contributed by atoms with van der Waals surface area (Å²) in [6.07, 6.45) is 21.6. The fraction of sp³-hybridized carbons (Fsp3) is 0.488. The Morgan fingerprint density at radius 2 is 1.15 bits per heavy atom. The maximum absolute atomic E-state index is 16.3. The lowest BCUT2D eigenvalue weighted by atomic mass is 9.80. The molecule has 0 aliphatic heterocycles. The molecule has 0 unspecified atom stereocenters. The Balaban J connectivity index is 1.31. The van der Waals surface area contributed by atoms with Crippen molar-refractivity contribution in [3.05, 3.63) is 94.5 Å². The summed E-state index contributed by atoms with van der Waals surface area (Å²) in [6, 6.07) is 24.8. The Hall–Kier alpha value is -2.83. The van der Waals surface area contributed by atoms with Crippen LogP contribution in [0.5, 0.6) is 5.75 Å². The van der Waals surface area contributed by atoms with Gasteiger partial charge in [0.15, 0.2) is 0 Å². The highest BCUT2D eigenvalue weighted by atomic mass is 31.2. The average molecular weight is 631 g/mol. The number of benzene rings is 4. The minimum absolute atomic E-state index is 0.339. The molecule has 0 heterocycles. The van der Waals surface area contributed by atoms with Crippen molar-refractivity contribution in [2.24, 2.45) is 0 Å². The third-order valence-electron chi connectivity index (χ3n) is 12.1. The van der Waals surface area contributed by atoms with Crippen LogP contribution in [-0.4, -0.2) is 11.3 Å². The molecular weight excluding hydrogens is 579 g/mol. The largest absolute Gasteiger partial charge is 0.488 e. The van der Waals surface area contributed by atoms with E-state index in [4.69, 9.17) is 4.74 Å². The van der Waals surface area contributed by atoms with E-state index in [2.05, 4.69) is 66.7 Å². The molecule has 0 amide bonds. The smallest absolute Gasteiger partial charge is 0.127 e. The van der Waals surface area contributed by atoms with Crippen LogP contribution in [0, 0.1) is 0 Å². The van der Waals surface area contributed by atoms with Crippen LogP contribution in [-0.2, 0) is 36.9 Å². The van der Waals surface area contributed by atoms with Gasteiger partial charge in [0, 0.05) is 22.2 Å². The molecule has 0 N–H and O–H groups in total. The molecule has 0 spiro atoms. The lowest BCUT2D eigenvalue weighted by molar-refractivity contribution is 0.307. The van der Waals surface area contributed by atoms with Gasteiger partial charge in [-0.15, -0.1) is 0 Å². The molecule has 3 heteroatoms. The number of rotatable bonds is 7. The van der Waals surface area contributed by atoms with Crippen molar-refractivity contribution in [2.45, 2.75) is 133 Å². The number of fused-ring (bicyclic) bond motifs is 3. The first-order valence-electron chi connectivity index (χ1n) is 18.7. The van der Waals surface area contributed by atoms with Gasteiger partial charge < -0.3 is 9.30 Å². The molecule has 46 heavy (non-hydrogen) atoms. The molecule has 0 radical (unpaired) electrons. The van der Waals surface area contributed by atoms with Crippen LogP contribution >= 0.6 is 7.14 Å². The molecule has 8 rings (SSSR count). The van der Waals surface area contributed by atoms with Crippen molar-refractivity contribution in [1.29, 1.82) is 0 Å². The number of hydrogen-bond acceptors (Lipinski definition) is 2. The molecule has 0 saturated heterocycles. The standard InChI is InChI=1S/C43H51O2P/c44-46(36-17-3-1-4-18-36,37-19-5-2-6-20-37)41-28-26-34-15-10-12-22-39(34)43(41)42-38-21-11-9-14-33(38)25-27-40(42)45-30-31-23-24-32-13-7-8-16-35(32)29-31/h7-8,13,16,23-29,36-37H,1-6,9-12,14-15,17-22,30H2. The average Bonchev–Trinajstić information content (AvgIpc) is 3.13. The SMILES string of the molecule is O=P(c1ccc2c(c1-c1c(OCc3ccc4ccccc4c3)ccc3c1CCCC3)CCCC2)(C1CCCCC1)C1CCCCC1. The zero-order valence-corrected chi connectivity index (χ0v) is 28.6. The molecule has 0 bridgehead atoms. The van der Waals surface area contributed by atoms with E-state index in [9.17, 15) is 0 Å². The molecule has 2 nitrogen and oxygen atoms in total. The van der Waals surface area contributed by atoms with Gasteiger partial charge in [0.2, 0.25) is 0 Å². The third-order valence-corrected chi connectivity index (χ3v) is 16.4. The Morgan fingerprint density at radius 1 is 0.565 bits per heavy atom. The van der Waals surface area contributed by atoms with Crippen molar-refractivity contribution < 1.29 is 9.30 Å². The van der Waals surface area contributed by atoms with E-state index in [1.807, 2.05) is 0 Å². The molecule has 4 aliphatic rings. The topological polar surface area (TPSA) is 26.3 Å². The summed E-state index contributed by atoms with van der Waals surface area (Å²) in [4.78, 5) is 0. The minimum atomic E-state index is -2.69. The van der Waals surface area contributed by atoms with E-state index < -0.39 is 7.14 Å². The molecule has 240 valence electrons.